The van der Waals surface area contributed by atoms with Crippen molar-refractivity contribution in [2.75, 3.05) is 0 Å². The minimum Gasteiger partial charge on any atom is -0.481 e. The van der Waals surface area contributed by atoms with E-state index in [1.165, 1.54) is 64.2 Å². The number of hydrogen-bond donors (Lipinski definition) is 2. The Labute approximate surface area is 179 Å². The molecule has 0 rings (SSSR count). The molecule has 2 unspecified atom stereocenters. The van der Waals surface area contributed by atoms with E-state index in [2.05, 4.69) is 13.8 Å². The van der Waals surface area contributed by atoms with E-state index in [1.807, 2.05) is 0 Å². The Balaban J connectivity index is 4.02. The van der Waals surface area contributed by atoms with Gasteiger partial charge in [-0.15, -0.1) is 0 Å². The number of carboxylic acids is 2. The van der Waals surface area contributed by atoms with Crippen molar-refractivity contribution in [2.24, 2.45) is 11.8 Å². The first-order valence-corrected chi connectivity index (χ1v) is 12.5. The highest BCUT2D eigenvalue weighted by Gasteiger charge is 2.26. The van der Waals surface area contributed by atoms with Crippen LogP contribution < -0.4 is 0 Å². The molecule has 0 aromatic rings. The fraction of sp³-hybridized carbons (Fsp3) is 0.920. The molecule has 0 aromatic carbocycles. The SMILES string of the molecule is CCCCCCCCCCC(CC(CCCCCCCCCC)C(=O)O)C(=O)O. The van der Waals surface area contributed by atoms with Gasteiger partial charge in [0.05, 0.1) is 11.8 Å². The number of hydrogen-bond acceptors (Lipinski definition) is 2. The monoisotopic (exact) mass is 412 g/mol. The minimum absolute atomic E-state index is 0.289. The molecule has 0 fully saturated rings. The van der Waals surface area contributed by atoms with E-state index in [0.717, 1.165) is 38.5 Å². The minimum atomic E-state index is -0.824. The Hall–Kier alpha value is -1.06. The van der Waals surface area contributed by atoms with E-state index < -0.39 is 23.8 Å². The van der Waals surface area contributed by atoms with Crippen LogP contribution in [0.4, 0.5) is 0 Å². The highest BCUT2D eigenvalue weighted by Crippen LogP contribution is 2.24. The molecule has 0 saturated heterocycles. The summed E-state index contributed by atoms with van der Waals surface area (Å²) < 4.78 is 0. The van der Waals surface area contributed by atoms with Crippen LogP contribution >= 0.6 is 0 Å². The maximum Gasteiger partial charge on any atom is 0.306 e. The lowest BCUT2D eigenvalue weighted by atomic mass is 9.87. The zero-order valence-electron chi connectivity index (χ0n) is 19.3. The first-order valence-electron chi connectivity index (χ1n) is 12.5. The van der Waals surface area contributed by atoms with Gasteiger partial charge in [0.15, 0.2) is 0 Å². The van der Waals surface area contributed by atoms with E-state index in [4.69, 9.17) is 0 Å². The summed E-state index contributed by atoms with van der Waals surface area (Å²) in [6.45, 7) is 4.43. The van der Waals surface area contributed by atoms with Crippen molar-refractivity contribution in [2.45, 2.75) is 136 Å². The first kappa shape index (κ1) is 27.9. The third kappa shape index (κ3) is 17.5. The topological polar surface area (TPSA) is 74.6 Å². The van der Waals surface area contributed by atoms with Crippen LogP contribution in [0.1, 0.15) is 136 Å². The highest BCUT2D eigenvalue weighted by atomic mass is 16.4. The molecule has 2 atom stereocenters. The van der Waals surface area contributed by atoms with Crippen molar-refractivity contribution in [3.8, 4) is 0 Å². The molecule has 2 N–H and O–H groups in total. The molecule has 0 aliphatic rings. The largest absolute Gasteiger partial charge is 0.481 e. The number of rotatable bonds is 22. The zero-order valence-corrected chi connectivity index (χ0v) is 19.3. The molecule has 0 aromatic heterocycles. The zero-order chi connectivity index (χ0) is 21.7. The molecule has 0 saturated carbocycles. The van der Waals surface area contributed by atoms with Crippen LogP contribution in [0.5, 0.6) is 0 Å². The van der Waals surface area contributed by atoms with E-state index >= 15 is 0 Å². The third-order valence-electron chi connectivity index (χ3n) is 6.08. The van der Waals surface area contributed by atoms with Gasteiger partial charge in [0.25, 0.3) is 0 Å². The maximum absolute atomic E-state index is 11.6. The number of aliphatic carboxylic acids is 2. The van der Waals surface area contributed by atoms with Crippen molar-refractivity contribution in [3.63, 3.8) is 0 Å². The van der Waals surface area contributed by atoms with Gasteiger partial charge in [0.1, 0.15) is 0 Å². The molecule has 0 radical (unpaired) electrons. The Kier molecular flexibility index (Phi) is 19.5. The predicted octanol–water partition coefficient (Wildman–Crippen LogP) is 7.84. The lowest BCUT2D eigenvalue weighted by Gasteiger charge is -2.18. The van der Waals surface area contributed by atoms with Gasteiger partial charge in [-0.3, -0.25) is 9.59 Å². The fourth-order valence-corrected chi connectivity index (χ4v) is 4.08. The molecular formula is C25H48O4. The van der Waals surface area contributed by atoms with Crippen LogP contribution in [0.15, 0.2) is 0 Å². The maximum atomic E-state index is 11.6. The number of carbonyl (C=O) groups is 2. The van der Waals surface area contributed by atoms with Crippen LogP contribution in [0, 0.1) is 11.8 Å². The number of unbranched alkanes of at least 4 members (excludes halogenated alkanes) is 14. The smallest absolute Gasteiger partial charge is 0.306 e. The van der Waals surface area contributed by atoms with Crippen LogP contribution in [0.2, 0.25) is 0 Å². The highest BCUT2D eigenvalue weighted by molar-refractivity contribution is 5.73. The predicted molar refractivity (Wildman–Crippen MR) is 121 cm³/mol. The lowest BCUT2D eigenvalue weighted by Crippen LogP contribution is -2.23. The Morgan fingerprint density at radius 1 is 0.517 bits per heavy atom. The van der Waals surface area contributed by atoms with Crippen LogP contribution in [-0.4, -0.2) is 22.2 Å². The molecule has 4 nitrogen and oxygen atoms in total. The second-order valence-corrected chi connectivity index (χ2v) is 8.83. The fourth-order valence-electron chi connectivity index (χ4n) is 4.08. The van der Waals surface area contributed by atoms with Crippen molar-refractivity contribution in [1.82, 2.24) is 0 Å². The van der Waals surface area contributed by atoms with E-state index in [1.54, 1.807) is 0 Å². The van der Waals surface area contributed by atoms with Crippen molar-refractivity contribution in [3.05, 3.63) is 0 Å². The van der Waals surface area contributed by atoms with Gasteiger partial charge in [0.2, 0.25) is 0 Å². The molecule has 172 valence electrons. The second-order valence-electron chi connectivity index (χ2n) is 8.83. The number of carboxylic acid groups (broad SMARTS) is 2. The molecule has 0 amide bonds. The van der Waals surface area contributed by atoms with Crippen molar-refractivity contribution in [1.29, 1.82) is 0 Å². The van der Waals surface area contributed by atoms with Crippen molar-refractivity contribution >= 4 is 11.9 Å². The molecule has 4 heteroatoms. The molecule has 29 heavy (non-hydrogen) atoms. The Bertz CT molecular complexity index is 358. The van der Waals surface area contributed by atoms with Crippen LogP contribution in [0.25, 0.3) is 0 Å². The molecule has 0 aliphatic carbocycles. The van der Waals surface area contributed by atoms with Gasteiger partial charge >= 0.3 is 11.9 Å². The summed E-state index contributed by atoms with van der Waals surface area (Å²) in [5, 5.41) is 19.0. The lowest BCUT2D eigenvalue weighted by molar-refractivity contribution is -0.146. The molecule has 0 heterocycles. The Morgan fingerprint density at radius 3 is 1.07 bits per heavy atom. The van der Waals surface area contributed by atoms with E-state index in [9.17, 15) is 19.8 Å². The first-order chi connectivity index (χ1) is 14.0. The average molecular weight is 413 g/mol. The molecule has 0 bridgehead atoms. The normalized spacial score (nSPS) is 13.3. The third-order valence-corrected chi connectivity index (χ3v) is 6.08. The van der Waals surface area contributed by atoms with E-state index in [0.29, 0.717) is 12.8 Å². The summed E-state index contributed by atoms with van der Waals surface area (Å²) in [4.78, 5) is 23.2. The second kappa shape index (κ2) is 20.2. The summed E-state index contributed by atoms with van der Waals surface area (Å²) in [7, 11) is 0. The standard InChI is InChI=1S/C25H48O4/c1-3-5-7-9-11-13-15-17-19-22(24(26)27)21-23(25(28)29)20-18-16-14-12-10-8-6-4-2/h22-23H,3-21H2,1-2H3,(H,26,27)(H,28,29). The van der Waals surface area contributed by atoms with Gasteiger partial charge in [-0.1, -0.05) is 117 Å². The molecule has 0 spiro atoms. The molecular weight excluding hydrogens is 364 g/mol. The summed E-state index contributed by atoms with van der Waals surface area (Å²) >= 11 is 0. The van der Waals surface area contributed by atoms with Crippen LogP contribution in [-0.2, 0) is 9.59 Å². The van der Waals surface area contributed by atoms with Gasteiger partial charge in [-0.25, -0.2) is 0 Å². The summed E-state index contributed by atoms with van der Waals surface area (Å²) in [6, 6.07) is 0. The average Bonchev–Trinajstić information content (AvgIpc) is 2.69. The summed E-state index contributed by atoms with van der Waals surface area (Å²) in [5.41, 5.74) is 0. The van der Waals surface area contributed by atoms with Gasteiger partial charge < -0.3 is 10.2 Å². The molecule has 0 aliphatic heterocycles. The quantitative estimate of drug-likeness (QED) is 0.178. The van der Waals surface area contributed by atoms with Crippen LogP contribution in [0.3, 0.4) is 0 Å². The van der Waals surface area contributed by atoms with E-state index in [-0.39, 0.29) is 6.42 Å². The van der Waals surface area contributed by atoms with Gasteiger partial charge in [0, 0.05) is 0 Å². The Morgan fingerprint density at radius 2 is 0.793 bits per heavy atom. The van der Waals surface area contributed by atoms with Gasteiger partial charge in [-0.05, 0) is 19.3 Å². The van der Waals surface area contributed by atoms with Gasteiger partial charge in [-0.2, -0.15) is 0 Å². The van der Waals surface area contributed by atoms with Crippen molar-refractivity contribution < 1.29 is 19.8 Å². The summed E-state index contributed by atoms with van der Waals surface area (Å²) in [6.07, 6.45) is 20.5. The summed E-state index contributed by atoms with van der Waals surface area (Å²) in [5.74, 6) is -2.67.